The van der Waals surface area contributed by atoms with Gasteiger partial charge in [-0.05, 0) is 37.1 Å². The summed E-state index contributed by atoms with van der Waals surface area (Å²) in [5.41, 5.74) is 1.35. The van der Waals surface area contributed by atoms with Gasteiger partial charge in [0.2, 0.25) is 0 Å². The van der Waals surface area contributed by atoms with Crippen LogP contribution in [0.4, 0.5) is 20.2 Å². The van der Waals surface area contributed by atoms with Crippen molar-refractivity contribution in [2.75, 3.05) is 18.4 Å². The molecule has 0 spiro atoms. The summed E-state index contributed by atoms with van der Waals surface area (Å²) in [7, 11) is 0. The van der Waals surface area contributed by atoms with Crippen molar-refractivity contribution in [1.29, 1.82) is 0 Å². The number of nitrogens with one attached hydrogen (secondary N) is 1. The van der Waals surface area contributed by atoms with Crippen LogP contribution in [0.3, 0.4) is 0 Å². The summed E-state index contributed by atoms with van der Waals surface area (Å²) in [6.07, 6.45) is 3.54. The maximum atomic E-state index is 13.2. The van der Waals surface area contributed by atoms with Gasteiger partial charge in [0.15, 0.2) is 11.6 Å². The molecule has 114 valence electrons. The van der Waals surface area contributed by atoms with Crippen molar-refractivity contribution in [1.82, 2.24) is 9.88 Å². The van der Waals surface area contributed by atoms with Crippen molar-refractivity contribution < 1.29 is 13.6 Å². The number of hydrogen-bond acceptors (Lipinski definition) is 3. The number of carbonyl (C=O) groups excluding carboxylic acids is 1. The van der Waals surface area contributed by atoms with Gasteiger partial charge in [0.25, 0.3) is 5.91 Å². The molecule has 0 saturated carbocycles. The molecule has 0 aliphatic carbocycles. The quantitative estimate of drug-likeness (QED) is 0.946. The number of anilines is 2. The van der Waals surface area contributed by atoms with E-state index in [1.807, 2.05) is 0 Å². The Hall–Kier alpha value is -2.50. The molecule has 0 radical (unpaired) electrons. The highest BCUT2D eigenvalue weighted by Crippen LogP contribution is 2.20. The van der Waals surface area contributed by atoms with Crippen LogP contribution in [0.2, 0.25) is 0 Å². The molecule has 6 heteroatoms. The second-order valence-electron chi connectivity index (χ2n) is 5.18. The number of nitrogens with zero attached hydrogens (tertiary/aromatic N) is 2. The number of benzene rings is 1. The van der Waals surface area contributed by atoms with Crippen LogP contribution in [-0.4, -0.2) is 28.9 Å². The summed E-state index contributed by atoms with van der Waals surface area (Å²) in [4.78, 5) is 18.1. The molecule has 2 heterocycles. The fourth-order valence-corrected chi connectivity index (χ4v) is 2.45. The Labute approximate surface area is 126 Å². The lowest BCUT2D eigenvalue weighted by Gasteiger charge is -2.15. The Morgan fingerprint density at radius 3 is 2.50 bits per heavy atom. The van der Waals surface area contributed by atoms with Crippen molar-refractivity contribution >= 4 is 17.3 Å². The molecule has 1 aromatic carbocycles. The number of rotatable bonds is 3. The van der Waals surface area contributed by atoms with Gasteiger partial charge in [0.1, 0.15) is 5.69 Å². The van der Waals surface area contributed by atoms with Crippen LogP contribution < -0.4 is 5.32 Å². The fourth-order valence-electron chi connectivity index (χ4n) is 2.45. The Morgan fingerprint density at radius 1 is 1.05 bits per heavy atom. The summed E-state index contributed by atoms with van der Waals surface area (Å²) in [6, 6.07) is 6.83. The van der Waals surface area contributed by atoms with Gasteiger partial charge >= 0.3 is 0 Å². The third-order valence-corrected chi connectivity index (χ3v) is 3.58. The van der Waals surface area contributed by atoms with E-state index in [0.29, 0.717) is 17.1 Å². The molecular formula is C16H15F2N3O. The van der Waals surface area contributed by atoms with Crippen LogP contribution in [0.25, 0.3) is 0 Å². The highest BCUT2D eigenvalue weighted by Gasteiger charge is 2.20. The van der Waals surface area contributed by atoms with Crippen molar-refractivity contribution in [3.8, 4) is 0 Å². The third kappa shape index (κ3) is 3.05. The minimum absolute atomic E-state index is 0.105. The Kier molecular flexibility index (Phi) is 4.00. The molecule has 1 aromatic heterocycles. The van der Waals surface area contributed by atoms with Crippen LogP contribution >= 0.6 is 0 Å². The van der Waals surface area contributed by atoms with E-state index in [4.69, 9.17) is 0 Å². The predicted molar refractivity (Wildman–Crippen MR) is 79.0 cm³/mol. The highest BCUT2D eigenvalue weighted by atomic mass is 19.2. The van der Waals surface area contributed by atoms with Gasteiger partial charge in [0, 0.05) is 36.7 Å². The molecule has 1 aliphatic heterocycles. The molecule has 1 aliphatic rings. The van der Waals surface area contributed by atoms with Gasteiger partial charge in [0.05, 0.1) is 0 Å². The number of amides is 1. The molecule has 1 fully saturated rings. The van der Waals surface area contributed by atoms with Crippen LogP contribution in [-0.2, 0) is 0 Å². The van der Waals surface area contributed by atoms with E-state index in [0.717, 1.165) is 38.1 Å². The topological polar surface area (TPSA) is 45.2 Å². The number of aromatic nitrogens is 1. The number of halogens is 2. The van der Waals surface area contributed by atoms with Gasteiger partial charge in [-0.3, -0.25) is 9.78 Å². The maximum Gasteiger partial charge on any atom is 0.272 e. The summed E-state index contributed by atoms with van der Waals surface area (Å²) in [6.45, 7) is 1.50. The first-order valence-corrected chi connectivity index (χ1v) is 7.11. The molecule has 0 atom stereocenters. The third-order valence-electron chi connectivity index (χ3n) is 3.58. The van der Waals surface area contributed by atoms with Crippen molar-refractivity contribution in [2.24, 2.45) is 0 Å². The molecule has 1 saturated heterocycles. The SMILES string of the molecule is O=C(c1cc(Nc2ccc(F)c(F)c2)ccn1)N1CCCC1. The second-order valence-corrected chi connectivity index (χ2v) is 5.18. The molecule has 1 N–H and O–H groups in total. The van der Waals surface area contributed by atoms with Gasteiger partial charge < -0.3 is 10.2 Å². The highest BCUT2D eigenvalue weighted by molar-refractivity contribution is 5.93. The van der Waals surface area contributed by atoms with Gasteiger partial charge in [-0.2, -0.15) is 0 Å². The van der Waals surface area contributed by atoms with Gasteiger partial charge in [-0.1, -0.05) is 0 Å². The Morgan fingerprint density at radius 2 is 1.77 bits per heavy atom. The lowest BCUT2D eigenvalue weighted by molar-refractivity contribution is 0.0787. The van der Waals surface area contributed by atoms with Crippen LogP contribution in [0.1, 0.15) is 23.3 Å². The Balaban J connectivity index is 1.78. The average Bonchev–Trinajstić information content (AvgIpc) is 3.05. The standard InChI is InChI=1S/C16H15F2N3O/c17-13-4-3-11(9-14(13)18)20-12-5-6-19-15(10-12)16(22)21-7-1-2-8-21/h3-6,9-10H,1-2,7-8H2,(H,19,20). The van der Waals surface area contributed by atoms with Crippen molar-refractivity contribution in [3.63, 3.8) is 0 Å². The minimum atomic E-state index is -0.924. The average molecular weight is 303 g/mol. The van der Waals surface area contributed by atoms with Crippen molar-refractivity contribution in [2.45, 2.75) is 12.8 Å². The van der Waals surface area contributed by atoms with E-state index in [1.54, 1.807) is 17.0 Å². The van der Waals surface area contributed by atoms with Gasteiger partial charge in [-0.25, -0.2) is 8.78 Å². The molecule has 22 heavy (non-hydrogen) atoms. The predicted octanol–water partition coefficient (Wildman–Crippen LogP) is 3.34. The zero-order chi connectivity index (χ0) is 15.5. The summed E-state index contributed by atoms with van der Waals surface area (Å²) < 4.78 is 26.1. The molecule has 1 amide bonds. The summed E-state index contributed by atoms with van der Waals surface area (Å²) in [5.74, 6) is -1.93. The molecule has 2 aromatic rings. The largest absolute Gasteiger partial charge is 0.355 e. The first kappa shape index (κ1) is 14.4. The second kappa shape index (κ2) is 6.09. The smallest absolute Gasteiger partial charge is 0.272 e. The van der Waals surface area contributed by atoms with Crippen LogP contribution in [0.15, 0.2) is 36.5 Å². The van der Waals surface area contributed by atoms with E-state index in [2.05, 4.69) is 10.3 Å². The minimum Gasteiger partial charge on any atom is -0.355 e. The fraction of sp³-hybridized carbons (Fsp3) is 0.250. The molecule has 0 bridgehead atoms. The summed E-state index contributed by atoms with van der Waals surface area (Å²) in [5, 5.41) is 2.94. The zero-order valence-electron chi connectivity index (χ0n) is 11.9. The normalized spacial score (nSPS) is 14.2. The monoisotopic (exact) mass is 303 g/mol. The number of likely N-dealkylation sites (tertiary alicyclic amines) is 1. The number of pyridine rings is 1. The molecule has 0 unspecified atom stereocenters. The van der Waals surface area contributed by atoms with Crippen LogP contribution in [0.5, 0.6) is 0 Å². The van der Waals surface area contributed by atoms with Crippen molar-refractivity contribution in [3.05, 3.63) is 53.9 Å². The van der Waals surface area contributed by atoms with E-state index < -0.39 is 11.6 Å². The lowest BCUT2D eigenvalue weighted by Crippen LogP contribution is -2.28. The number of hydrogen-bond donors (Lipinski definition) is 1. The molecule has 3 rings (SSSR count). The molecule has 4 nitrogen and oxygen atoms in total. The van der Waals surface area contributed by atoms with Gasteiger partial charge in [-0.15, -0.1) is 0 Å². The van der Waals surface area contributed by atoms with E-state index in [1.165, 1.54) is 12.3 Å². The maximum absolute atomic E-state index is 13.2. The first-order chi connectivity index (χ1) is 10.6. The molecular weight excluding hydrogens is 288 g/mol. The number of carbonyl (C=O) groups is 1. The zero-order valence-corrected chi connectivity index (χ0v) is 11.9. The van der Waals surface area contributed by atoms with E-state index >= 15 is 0 Å². The van der Waals surface area contributed by atoms with E-state index in [9.17, 15) is 13.6 Å². The first-order valence-electron chi connectivity index (χ1n) is 7.11. The lowest BCUT2D eigenvalue weighted by atomic mass is 10.2. The van der Waals surface area contributed by atoms with E-state index in [-0.39, 0.29) is 5.91 Å². The Bertz CT molecular complexity index is 700. The van der Waals surface area contributed by atoms with Crippen LogP contribution in [0, 0.1) is 11.6 Å². The summed E-state index contributed by atoms with van der Waals surface area (Å²) >= 11 is 0.